The summed E-state index contributed by atoms with van der Waals surface area (Å²) in [7, 11) is 0. The highest BCUT2D eigenvalue weighted by molar-refractivity contribution is 4.89. The van der Waals surface area contributed by atoms with Crippen molar-refractivity contribution >= 4 is 0 Å². The zero-order valence-corrected chi connectivity index (χ0v) is 19.9. The maximum atomic E-state index is 9.03. The van der Waals surface area contributed by atoms with Gasteiger partial charge in [0.2, 0.25) is 0 Å². The van der Waals surface area contributed by atoms with Gasteiger partial charge in [0, 0.05) is 6.61 Å². The van der Waals surface area contributed by atoms with Gasteiger partial charge in [-0.2, -0.15) is 0 Å². The van der Waals surface area contributed by atoms with Crippen LogP contribution in [0.15, 0.2) is 0 Å². The van der Waals surface area contributed by atoms with Crippen LogP contribution in [0.1, 0.15) is 129 Å². The number of unbranched alkanes of at least 4 members (excludes halogenated alkanes) is 2. The van der Waals surface area contributed by atoms with Gasteiger partial charge in [0.25, 0.3) is 0 Å². The summed E-state index contributed by atoms with van der Waals surface area (Å²) < 4.78 is 0. The molecule has 3 unspecified atom stereocenters. The van der Waals surface area contributed by atoms with Gasteiger partial charge in [0.1, 0.15) is 0 Å². The summed E-state index contributed by atoms with van der Waals surface area (Å²) >= 11 is 0. The highest BCUT2D eigenvalue weighted by Gasteiger charge is 2.39. The van der Waals surface area contributed by atoms with E-state index in [2.05, 4.69) is 13.8 Å². The molecule has 0 aliphatic heterocycles. The summed E-state index contributed by atoms with van der Waals surface area (Å²) in [6, 6.07) is 0. The number of hydrogen-bond acceptors (Lipinski definition) is 1. The van der Waals surface area contributed by atoms with E-state index in [-0.39, 0.29) is 0 Å². The Bertz CT molecular complexity index is 416. The van der Waals surface area contributed by atoms with E-state index in [1.165, 1.54) is 64.2 Å². The summed E-state index contributed by atoms with van der Waals surface area (Å²) in [5, 5.41) is 9.03. The highest BCUT2D eigenvalue weighted by atomic mass is 16.2. The van der Waals surface area contributed by atoms with Gasteiger partial charge in [-0.05, 0) is 92.8 Å². The molecule has 0 radical (unpaired) electrons. The fourth-order valence-corrected chi connectivity index (χ4v) is 7.73. The normalized spacial score (nSPS) is 38.8. The standard InChI is InChI=1S/C28H52O/c1-3-5-8-22-10-14-25(15-11-22)27-18-19-28(24(4-2)21-27)26-16-12-23(13-17-26)9-6-7-20-29/h22-29H,3-21H2,1-2H3. The van der Waals surface area contributed by atoms with Gasteiger partial charge in [-0.1, -0.05) is 78.1 Å². The van der Waals surface area contributed by atoms with E-state index in [4.69, 9.17) is 5.11 Å². The van der Waals surface area contributed by atoms with Crippen LogP contribution in [0.3, 0.4) is 0 Å². The average Bonchev–Trinajstić information content (AvgIpc) is 2.78. The Morgan fingerprint density at radius 1 is 0.621 bits per heavy atom. The fourth-order valence-electron chi connectivity index (χ4n) is 7.73. The monoisotopic (exact) mass is 404 g/mol. The molecule has 3 atom stereocenters. The van der Waals surface area contributed by atoms with Crippen LogP contribution in [0.25, 0.3) is 0 Å². The van der Waals surface area contributed by atoms with Crippen LogP contribution in [0, 0.1) is 41.4 Å². The Balaban J connectivity index is 1.41. The minimum atomic E-state index is 0.386. The van der Waals surface area contributed by atoms with Crippen LogP contribution < -0.4 is 0 Å². The van der Waals surface area contributed by atoms with Gasteiger partial charge in [0.05, 0.1) is 0 Å². The first-order valence-electron chi connectivity index (χ1n) is 13.9. The molecular formula is C28H52O. The van der Waals surface area contributed by atoms with Crippen LogP contribution in [-0.4, -0.2) is 11.7 Å². The summed E-state index contributed by atoms with van der Waals surface area (Å²) in [5.41, 5.74) is 0. The van der Waals surface area contributed by atoms with Gasteiger partial charge in [-0.15, -0.1) is 0 Å². The number of aliphatic hydroxyl groups excluding tert-OH is 1. The molecule has 1 heteroatoms. The molecule has 3 saturated carbocycles. The van der Waals surface area contributed by atoms with Crippen molar-refractivity contribution in [2.75, 3.05) is 6.61 Å². The smallest absolute Gasteiger partial charge is 0.0431 e. The first kappa shape index (κ1) is 23.6. The van der Waals surface area contributed by atoms with Crippen molar-refractivity contribution in [2.45, 2.75) is 129 Å². The molecule has 1 N–H and O–H groups in total. The number of rotatable bonds is 10. The molecule has 1 nitrogen and oxygen atoms in total. The molecular weight excluding hydrogens is 352 g/mol. The Labute approximate surface area is 182 Å². The van der Waals surface area contributed by atoms with Crippen molar-refractivity contribution in [1.29, 1.82) is 0 Å². The summed E-state index contributed by atoms with van der Waals surface area (Å²) in [6.45, 7) is 5.22. The lowest BCUT2D eigenvalue weighted by molar-refractivity contribution is 0.0521. The lowest BCUT2D eigenvalue weighted by Crippen LogP contribution is -2.35. The highest BCUT2D eigenvalue weighted by Crippen LogP contribution is 2.49. The SMILES string of the molecule is CCCCC1CCC(C2CCC(C3CCC(CCCCO)CC3)C(CC)C2)CC1. The maximum Gasteiger partial charge on any atom is 0.0431 e. The van der Waals surface area contributed by atoms with Gasteiger partial charge in [-0.3, -0.25) is 0 Å². The predicted octanol–water partition coefficient (Wildman–Crippen LogP) is 8.39. The van der Waals surface area contributed by atoms with E-state index < -0.39 is 0 Å². The number of hydrogen-bond donors (Lipinski definition) is 1. The molecule has 0 amide bonds. The van der Waals surface area contributed by atoms with Crippen molar-refractivity contribution in [2.24, 2.45) is 41.4 Å². The molecule has 3 rings (SSSR count). The van der Waals surface area contributed by atoms with Crippen LogP contribution in [0.5, 0.6) is 0 Å². The van der Waals surface area contributed by atoms with Crippen molar-refractivity contribution in [3.63, 3.8) is 0 Å². The lowest BCUT2D eigenvalue weighted by atomic mass is 9.60. The molecule has 0 bridgehead atoms. The van der Waals surface area contributed by atoms with E-state index in [0.717, 1.165) is 47.8 Å². The quantitative estimate of drug-likeness (QED) is 0.362. The molecule has 29 heavy (non-hydrogen) atoms. The molecule has 0 aromatic carbocycles. The summed E-state index contributed by atoms with van der Waals surface area (Å²) in [6.07, 6.45) is 26.3. The molecule has 0 aromatic heterocycles. The van der Waals surface area contributed by atoms with Crippen LogP contribution in [0.4, 0.5) is 0 Å². The fraction of sp³-hybridized carbons (Fsp3) is 1.00. The third kappa shape index (κ3) is 6.98. The molecule has 0 spiro atoms. The minimum absolute atomic E-state index is 0.386. The van der Waals surface area contributed by atoms with Crippen LogP contribution in [-0.2, 0) is 0 Å². The third-order valence-electron chi connectivity index (χ3n) is 9.65. The first-order chi connectivity index (χ1) is 14.2. The molecule has 0 saturated heterocycles. The van der Waals surface area contributed by atoms with E-state index in [9.17, 15) is 0 Å². The lowest BCUT2D eigenvalue weighted by Gasteiger charge is -2.45. The van der Waals surface area contributed by atoms with E-state index >= 15 is 0 Å². The third-order valence-corrected chi connectivity index (χ3v) is 9.65. The van der Waals surface area contributed by atoms with E-state index in [1.807, 2.05) is 0 Å². The van der Waals surface area contributed by atoms with Crippen molar-refractivity contribution in [3.05, 3.63) is 0 Å². The summed E-state index contributed by atoms with van der Waals surface area (Å²) in [5.74, 6) is 7.30. The van der Waals surface area contributed by atoms with Gasteiger partial charge in [0.15, 0.2) is 0 Å². The van der Waals surface area contributed by atoms with Crippen molar-refractivity contribution in [3.8, 4) is 0 Å². The Kier molecular flexibility index (Phi) is 10.4. The largest absolute Gasteiger partial charge is 0.396 e. The zero-order chi connectivity index (χ0) is 20.5. The Morgan fingerprint density at radius 3 is 1.79 bits per heavy atom. The van der Waals surface area contributed by atoms with Gasteiger partial charge < -0.3 is 5.11 Å². The van der Waals surface area contributed by atoms with Crippen LogP contribution in [0.2, 0.25) is 0 Å². The minimum Gasteiger partial charge on any atom is -0.396 e. The molecule has 0 aromatic rings. The second-order valence-electron chi connectivity index (χ2n) is 11.3. The molecule has 0 heterocycles. The topological polar surface area (TPSA) is 20.2 Å². The summed E-state index contributed by atoms with van der Waals surface area (Å²) in [4.78, 5) is 0. The zero-order valence-electron chi connectivity index (χ0n) is 19.9. The van der Waals surface area contributed by atoms with Crippen LogP contribution >= 0.6 is 0 Å². The van der Waals surface area contributed by atoms with E-state index in [0.29, 0.717) is 6.61 Å². The first-order valence-corrected chi connectivity index (χ1v) is 13.9. The Morgan fingerprint density at radius 2 is 1.21 bits per heavy atom. The predicted molar refractivity (Wildman–Crippen MR) is 126 cm³/mol. The molecule has 3 aliphatic rings. The van der Waals surface area contributed by atoms with Crippen molar-refractivity contribution < 1.29 is 5.11 Å². The van der Waals surface area contributed by atoms with Gasteiger partial charge >= 0.3 is 0 Å². The van der Waals surface area contributed by atoms with E-state index in [1.54, 1.807) is 44.9 Å². The van der Waals surface area contributed by atoms with Gasteiger partial charge in [-0.25, -0.2) is 0 Å². The Hall–Kier alpha value is -0.0400. The number of aliphatic hydroxyl groups is 1. The second-order valence-corrected chi connectivity index (χ2v) is 11.3. The molecule has 3 aliphatic carbocycles. The average molecular weight is 405 g/mol. The maximum absolute atomic E-state index is 9.03. The second kappa shape index (κ2) is 12.7. The molecule has 3 fully saturated rings. The molecule has 170 valence electrons. The van der Waals surface area contributed by atoms with Crippen molar-refractivity contribution in [1.82, 2.24) is 0 Å².